The zero-order valence-electron chi connectivity index (χ0n) is 20.2. The minimum Gasteiger partial charge on any atom is -0.489 e. The standard InChI is InChI=1S/C27H39N3O3/c1-3-29(4-2)26(31)16-22-13-14-30-19-23(22)9-7-15-33-25-10-6-5-8-24(25)18-28(20-27(30)32)17-21-11-12-21/h5-10,21-23H,3-4,11-20H2,1-2H3/t22-,23-/m0/s1. The zero-order valence-corrected chi connectivity index (χ0v) is 20.2. The van der Waals surface area contributed by atoms with Gasteiger partial charge in [0.05, 0.1) is 6.54 Å². The molecule has 180 valence electrons. The van der Waals surface area contributed by atoms with E-state index in [0.717, 1.165) is 50.5 Å². The minimum absolute atomic E-state index is 0.179. The Kier molecular flexibility index (Phi) is 8.07. The lowest BCUT2D eigenvalue weighted by molar-refractivity contribution is -0.136. The SMILES string of the molecule is CCN(CC)C(=O)C[C@@H]1CCN2C[C@@H]1C=CCOc1ccccc1CN(CC1CC1)CC2=O. The Morgan fingerprint density at radius 3 is 2.67 bits per heavy atom. The van der Waals surface area contributed by atoms with E-state index in [1.807, 2.05) is 41.8 Å². The summed E-state index contributed by atoms with van der Waals surface area (Å²) in [7, 11) is 0. The quantitative estimate of drug-likeness (QED) is 0.618. The van der Waals surface area contributed by atoms with Crippen LogP contribution >= 0.6 is 0 Å². The smallest absolute Gasteiger partial charge is 0.236 e. The average Bonchev–Trinajstić information content (AvgIpc) is 3.62. The van der Waals surface area contributed by atoms with Gasteiger partial charge in [0.15, 0.2) is 0 Å². The number of benzene rings is 1. The van der Waals surface area contributed by atoms with Gasteiger partial charge in [-0.1, -0.05) is 30.4 Å². The summed E-state index contributed by atoms with van der Waals surface area (Å²) in [5, 5.41) is 0. The van der Waals surface area contributed by atoms with Crippen LogP contribution in [-0.4, -0.2) is 72.4 Å². The molecule has 0 aromatic heterocycles. The third kappa shape index (κ3) is 6.38. The molecule has 0 unspecified atom stereocenters. The molecular formula is C27H39N3O3. The molecule has 6 heteroatoms. The first-order valence-electron chi connectivity index (χ1n) is 12.7. The van der Waals surface area contributed by atoms with Crippen LogP contribution in [0.25, 0.3) is 0 Å². The fourth-order valence-corrected chi connectivity index (χ4v) is 5.18. The molecule has 2 aliphatic heterocycles. The van der Waals surface area contributed by atoms with Gasteiger partial charge in [0.1, 0.15) is 12.4 Å². The first-order valence-corrected chi connectivity index (χ1v) is 12.7. The zero-order chi connectivity index (χ0) is 23.2. The summed E-state index contributed by atoms with van der Waals surface area (Å²) in [6, 6.07) is 8.18. The third-order valence-corrected chi connectivity index (χ3v) is 7.37. The van der Waals surface area contributed by atoms with Crippen molar-refractivity contribution in [2.45, 2.75) is 46.1 Å². The van der Waals surface area contributed by atoms with E-state index in [2.05, 4.69) is 23.1 Å². The number of carbonyl (C=O) groups is 2. The highest BCUT2D eigenvalue weighted by Gasteiger charge is 2.33. The third-order valence-electron chi connectivity index (χ3n) is 7.37. The maximum absolute atomic E-state index is 13.3. The first kappa shape index (κ1) is 23.8. The van der Waals surface area contributed by atoms with Crippen LogP contribution in [0.3, 0.4) is 0 Å². The second-order valence-electron chi connectivity index (χ2n) is 9.78. The van der Waals surface area contributed by atoms with Crippen molar-refractivity contribution in [1.82, 2.24) is 14.7 Å². The van der Waals surface area contributed by atoms with Crippen molar-refractivity contribution in [3.05, 3.63) is 42.0 Å². The maximum atomic E-state index is 13.3. The Morgan fingerprint density at radius 2 is 1.91 bits per heavy atom. The van der Waals surface area contributed by atoms with Crippen LogP contribution < -0.4 is 4.74 Å². The highest BCUT2D eigenvalue weighted by molar-refractivity contribution is 5.79. The Labute approximate surface area is 198 Å². The molecule has 0 radical (unpaired) electrons. The van der Waals surface area contributed by atoms with E-state index < -0.39 is 0 Å². The summed E-state index contributed by atoms with van der Waals surface area (Å²) in [5.41, 5.74) is 1.14. The molecule has 0 N–H and O–H groups in total. The largest absolute Gasteiger partial charge is 0.489 e. The van der Waals surface area contributed by atoms with Gasteiger partial charge in [-0.3, -0.25) is 14.5 Å². The number of amides is 2. The summed E-state index contributed by atoms with van der Waals surface area (Å²) in [6.45, 7) is 9.64. The van der Waals surface area contributed by atoms with E-state index in [4.69, 9.17) is 4.74 Å². The molecule has 3 aliphatic rings. The van der Waals surface area contributed by atoms with Crippen LogP contribution in [0.2, 0.25) is 0 Å². The Morgan fingerprint density at radius 1 is 1.12 bits per heavy atom. The topological polar surface area (TPSA) is 53.1 Å². The van der Waals surface area contributed by atoms with Gasteiger partial charge >= 0.3 is 0 Å². The molecular weight excluding hydrogens is 414 g/mol. The fraction of sp³-hybridized carbons (Fsp3) is 0.630. The van der Waals surface area contributed by atoms with Crippen molar-refractivity contribution in [1.29, 1.82) is 0 Å². The number of nitrogens with zero attached hydrogens (tertiary/aromatic N) is 3. The molecule has 1 saturated heterocycles. The molecule has 2 atom stereocenters. The van der Waals surface area contributed by atoms with Gasteiger partial charge in [-0.05, 0) is 56.9 Å². The highest BCUT2D eigenvalue weighted by atomic mass is 16.5. The molecule has 2 amide bonds. The van der Waals surface area contributed by atoms with Crippen LogP contribution in [0.5, 0.6) is 5.75 Å². The number of hydrogen-bond donors (Lipinski definition) is 0. The molecule has 4 rings (SSSR count). The lowest BCUT2D eigenvalue weighted by Gasteiger charge is -2.38. The van der Waals surface area contributed by atoms with Crippen molar-refractivity contribution < 1.29 is 14.3 Å². The molecule has 1 aromatic carbocycles. The van der Waals surface area contributed by atoms with Crippen molar-refractivity contribution in [2.24, 2.45) is 17.8 Å². The average molecular weight is 454 g/mol. The van der Waals surface area contributed by atoms with Gasteiger partial charge in [0, 0.05) is 51.3 Å². The van der Waals surface area contributed by atoms with E-state index in [1.165, 1.54) is 12.8 Å². The number of rotatable bonds is 6. The number of fused-ring (bicyclic) bond motifs is 3. The van der Waals surface area contributed by atoms with Gasteiger partial charge in [-0.25, -0.2) is 0 Å². The summed E-state index contributed by atoms with van der Waals surface area (Å²) >= 11 is 0. The van der Waals surface area contributed by atoms with Gasteiger partial charge in [0.25, 0.3) is 0 Å². The van der Waals surface area contributed by atoms with Crippen LogP contribution in [0.15, 0.2) is 36.4 Å². The summed E-state index contributed by atoms with van der Waals surface area (Å²) < 4.78 is 6.14. The number of carbonyl (C=O) groups excluding carboxylic acids is 2. The van der Waals surface area contributed by atoms with Crippen LogP contribution in [-0.2, 0) is 16.1 Å². The van der Waals surface area contributed by atoms with Gasteiger partial charge in [0.2, 0.25) is 11.8 Å². The molecule has 2 bridgehead atoms. The van der Waals surface area contributed by atoms with Crippen LogP contribution in [0.1, 0.15) is 45.1 Å². The predicted octanol–water partition coefficient (Wildman–Crippen LogP) is 3.57. The Hall–Kier alpha value is -2.34. The Balaban J connectivity index is 1.52. The van der Waals surface area contributed by atoms with Gasteiger partial charge in [-0.2, -0.15) is 0 Å². The molecule has 1 saturated carbocycles. The van der Waals surface area contributed by atoms with Crippen molar-refractivity contribution in [3.8, 4) is 5.75 Å². The lowest BCUT2D eigenvalue weighted by Crippen LogP contribution is -2.48. The van der Waals surface area contributed by atoms with Gasteiger partial charge in [-0.15, -0.1) is 0 Å². The fourth-order valence-electron chi connectivity index (χ4n) is 5.18. The second-order valence-corrected chi connectivity index (χ2v) is 9.78. The second kappa shape index (κ2) is 11.2. The molecule has 1 aliphatic carbocycles. The van der Waals surface area contributed by atoms with Crippen molar-refractivity contribution in [2.75, 3.05) is 45.9 Å². The molecule has 2 fully saturated rings. The van der Waals surface area contributed by atoms with E-state index in [1.54, 1.807) is 0 Å². The molecule has 6 nitrogen and oxygen atoms in total. The van der Waals surface area contributed by atoms with E-state index in [0.29, 0.717) is 32.0 Å². The number of ether oxygens (including phenoxy) is 1. The monoisotopic (exact) mass is 453 g/mol. The highest BCUT2D eigenvalue weighted by Crippen LogP contribution is 2.32. The van der Waals surface area contributed by atoms with E-state index in [9.17, 15) is 9.59 Å². The van der Waals surface area contributed by atoms with Gasteiger partial charge < -0.3 is 14.5 Å². The maximum Gasteiger partial charge on any atom is 0.236 e. The normalized spacial score (nSPS) is 24.2. The van der Waals surface area contributed by atoms with Crippen molar-refractivity contribution >= 4 is 11.8 Å². The van der Waals surface area contributed by atoms with Crippen LogP contribution in [0, 0.1) is 17.8 Å². The summed E-state index contributed by atoms with van der Waals surface area (Å²) in [4.78, 5) is 32.4. The molecule has 1 aromatic rings. The summed E-state index contributed by atoms with van der Waals surface area (Å²) in [6.07, 6.45) is 8.21. The number of para-hydroxylation sites is 1. The first-order chi connectivity index (χ1) is 16.1. The number of piperidine rings is 1. The summed E-state index contributed by atoms with van der Waals surface area (Å²) in [5.74, 6) is 2.48. The predicted molar refractivity (Wildman–Crippen MR) is 130 cm³/mol. The van der Waals surface area contributed by atoms with E-state index in [-0.39, 0.29) is 23.7 Å². The minimum atomic E-state index is 0.179. The molecule has 0 spiro atoms. The molecule has 2 heterocycles. The van der Waals surface area contributed by atoms with Crippen LogP contribution in [0.4, 0.5) is 0 Å². The van der Waals surface area contributed by atoms with E-state index >= 15 is 0 Å². The molecule has 33 heavy (non-hydrogen) atoms. The number of hydrogen-bond acceptors (Lipinski definition) is 4. The lowest BCUT2D eigenvalue weighted by atomic mass is 9.82. The van der Waals surface area contributed by atoms with Crippen molar-refractivity contribution in [3.63, 3.8) is 0 Å². The Bertz CT molecular complexity index is 847.